The smallest absolute Gasteiger partial charge is 0.251 e. The molecule has 0 spiro atoms. The molecule has 0 unspecified atom stereocenters. The molecule has 0 radical (unpaired) electrons. The van der Waals surface area contributed by atoms with Gasteiger partial charge in [0.15, 0.2) is 0 Å². The fraction of sp³-hybridized carbons (Fsp3) is 0.0741. The quantitative estimate of drug-likeness (QED) is 0.418. The Morgan fingerprint density at radius 3 is 1.58 bits per heavy atom. The van der Waals surface area contributed by atoms with Gasteiger partial charge in [0.2, 0.25) is 10.0 Å². The van der Waals surface area contributed by atoms with Crippen LogP contribution in [0, 0.1) is 0 Å². The van der Waals surface area contributed by atoms with Crippen LogP contribution in [-0.4, -0.2) is 18.6 Å². The minimum Gasteiger partial charge on any atom is -0.289 e. The lowest BCUT2D eigenvalue weighted by Gasteiger charge is -2.31. The summed E-state index contributed by atoms with van der Waals surface area (Å²) in [5.74, 6) is -0.291. The number of hydrogen-bond acceptors (Lipinski definition) is 3. The predicted octanol–water partition coefficient (Wildman–Crippen LogP) is 5.16. The largest absolute Gasteiger partial charge is 0.289 e. The van der Waals surface area contributed by atoms with Crippen LogP contribution in [0.1, 0.15) is 23.3 Å². The van der Waals surface area contributed by atoms with Gasteiger partial charge in [0, 0.05) is 5.69 Å². The first kappa shape index (κ1) is 21.1. The zero-order valence-corrected chi connectivity index (χ0v) is 18.5. The van der Waals surface area contributed by atoms with Gasteiger partial charge < -0.3 is 0 Å². The second-order valence-corrected chi connectivity index (χ2v) is 9.63. The van der Waals surface area contributed by atoms with Crippen LogP contribution in [0.25, 0.3) is 0 Å². The van der Waals surface area contributed by atoms with Crippen molar-refractivity contribution in [2.75, 3.05) is 4.90 Å². The molecule has 33 heavy (non-hydrogen) atoms. The Morgan fingerprint density at radius 1 is 0.576 bits per heavy atom. The second-order valence-electron chi connectivity index (χ2n) is 7.79. The first-order valence-corrected chi connectivity index (χ1v) is 12.1. The van der Waals surface area contributed by atoms with Crippen molar-refractivity contribution in [1.29, 1.82) is 0 Å². The molecule has 0 aromatic heterocycles. The molecule has 0 bridgehead atoms. The Kier molecular flexibility index (Phi) is 5.54. The van der Waals surface area contributed by atoms with Crippen molar-refractivity contribution in [3.05, 3.63) is 132 Å². The van der Waals surface area contributed by atoms with Crippen molar-refractivity contribution < 1.29 is 13.2 Å². The topological polar surface area (TPSA) is 57.7 Å². The number of benzene rings is 4. The summed E-state index contributed by atoms with van der Waals surface area (Å²) >= 11 is 0. The lowest BCUT2D eigenvalue weighted by molar-refractivity contribution is -0.119. The zero-order chi connectivity index (χ0) is 22.8. The van der Waals surface area contributed by atoms with Crippen molar-refractivity contribution in [2.45, 2.75) is 17.1 Å². The van der Waals surface area contributed by atoms with Crippen molar-refractivity contribution in [2.24, 2.45) is 0 Å². The maximum atomic E-state index is 14.1. The van der Waals surface area contributed by atoms with Gasteiger partial charge in [0.1, 0.15) is 12.2 Å². The highest BCUT2D eigenvalue weighted by Crippen LogP contribution is 2.47. The van der Waals surface area contributed by atoms with Gasteiger partial charge >= 0.3 is 0 Å². The summed E-state index contributed by atoms with van der Waals surface area (Å²) in [5, 5.41) is 0. The van der Waals surface area contributed by atoms with Crippen molar-refractivity contribution >= 4 is 21.6 Å². The maximum absolute atomic E-state index is 14.1. The van der Waals surface area contributed by atoms with E-state index in [9.17, 15) is 13.2 Å². The minimum atomic E-state index is -4.04. The van der Waals surface area contributed by atoms with Crippen LogP contribution in [0.4, 0.5) is 5.69 Å². The highest BCUT2D eigenvalue weighted by molar-refractivity contribution is 7.89. The molecule has 0 N–H and O–H groups in total. The predicted molar refractivity (Wildman–Crippen MR) is 128 cm³/mol. The van der Waals surface area contributed by atoms with Gasteiger partial charge in [0.05, 0.1) is 4.90 Å². The first-order chi connectivity index (χ1) is 16.1. The van der Waals surface area contributed by atoms with E-state index in [1.807, 2.05) is 78.9 Å². The number of anilines is 1. The SMILES string of the molecule is O=C1[C@H](c2ccccc2)N(S(=O)(=O)c2ccccc2)[C@H](c2ccccc2)N1c1ccccc1. The molecule has 4 aromatic carbocycles. The lowest BCUT2D eigenvalue weighted by Crippen LogP contribution is -2.36. The molecule has 1 saturated heterocycles. The third-order valence-corrected chi connectivity index (χ3v) is 7.61. The minimum absolute atomic E-state index is 0.148. The number of hydrogen-bond donors (Lipinski definition) is 0. The summed E-state index contributed by atoms with van der Waals surface area (Å²) in [7, 11) is -4.04. The number of sulfonamides is 1. The van der Waals surface area contributed by atoms with Gasteiger partial charge in [0.25, 0.3) is 5.91 Å². The molecular weight excluding hydrogens is 432 g/mol. The van der Waals surface area contributed by atoms with Crippen LogP contribution in [0.15, 0.2) is 126 Å². The van der Waals surface area contributed by atoms with Crippen LogP contribution in [-0.2, 0) is 14.8 Å². The number of para-hydroxylation sites is 1. The summed E-state index contributed by atoms with van der Waals surface area (Å²) in [5.41, 5.74) is 1.98. The van der Waals surface area contributed by atoms with Gasteiger partial charge in [-0.3, -0.25) is 9.69 Å². The summed E-state index contributed by atoms with van der Waals surface area (Å²) in [4.78, 5) is 15.7. The van der Waals surface area contributed by atoms with Crippen LogP contribution in [0.5, 0.6) is 0 Å². The highest BCUT2D eigenvalue weighted by atomic mass is 32.2. The third kappa shape index (κ3) is 3.73. The van der Waals surface area contributed by atoms with E-state index in [1.54, 1.807) is 47.4 Å². The first-order valence-electron chi connectivity index (χ1n) is 10.7. The zero-order valence-electron chi connectivity index (χ0n) is 17.7. The van der Waals surface area contributed by atoms with E-state index in [0.717, 1.165) is 0 Å². The molecule has 1 amide bonds. The monoisotopic (exact) mass is 454 g/mol. The Bertz CT molecular complexity index is 1350. The molecule has 1 aliphatic rings. The average Bonchev–Trinajstić information content (AvgIpc) is 3.20. The summed E-state index contributed by atoms with van der Waals surface area (Å²) in [6, 6.07) is 34.9. The maximum Gasteiger partial charge on any atom is 0.251 e. The van der Waals surface area contributed by atoms with Crippen LogP contribution in [0.2, 0.25) is 0 Å². The van der Waals surface area contributed by atoms with Crippen molar-refractivity contribution in [3.8, 4) is 0 Å². The van der Waals surface area contributed by atoms with Gasteiger partial charge in [-0.15, -0.1) is 0 Å². The van der Waals surface area contributed by atoms with Crippen LogP contribution >= 0.6 is 0 Å². The highest BCUT2D eigenvalue weighted by Gasteiger charge is 2.53. The van der Waals surface area contributed by atoms with Crippen LogP contribution < -0.4 is 4.90 Å². The Hall–Kier alpha value is -3.74. The Morgan fingerprint density at radius 2 is 1.03 bits per heavy atom. The summed E-state index contributed by atoms with van der Waals surface area (Å²) in [6.45, 7) is 0. The Labute approximate surface area is 193 Å². The molecule has 5 rings (SSSR count). The average molecular weight is 455 g/mol. The molecule has 0 aliphatic carbocycles. The molecule has 2 atom stereocenters. The lowest BCUT2D eigenvalue weighted by atomic mass is 10.1. The van der Waals surface area contributed by atoms with Crippen molar-refractivity contribution in [3.63, 3.8) is 0 Å². The van der Waals surface area contributed by atoms with E-state index in [0.29, 0.717) is 16.8 Å². The fourth-order valence-electron chi connectivity index (χ4n) is 4.30. The van der Waals surface area contributed by atoms with E-state index in [1.165, 1.54) is 4.31 Å². The van der Waals surface area contributed by atoms with E-state index < -0.39 is 22.2 Å². The van der Waals surface area contributed by atoms with Gasteiger partial charge in [-0.2, -0.15) is 4.31 Å². The van der Waals surface area contributed by atoms with Gasteiger partial charge in [-0.05, 0) is 35.4 Å². The molecule has 0 saturated carbocycles. The van der Waals surface area contributed by atoms with Crippen LogP contribution in [0.3, 0.4) is 0 Å². The number of amides is 1. The fourth-order valence-corrected chi connectivity index (χ4v) is 6.02. The number of rotatable bonds is 5. The standard InChI is InChI=1S/C27H22N2O3S/c30-27-25(21-13-5-1-6-14-21)29(33(31,32)24-19-11-4-12-20-24)26(22-15-7-2-8-16-22)28(27)23-17-9-3-10-18-23/h1-20,25-26H/t25-,26+/m0/s1. The Balaban J connectivity index is 1.78. The number of nitrogens with zero attached hydrogens (tertiary/aromatic N) is 2. The number of carbonyl (C=O) groups excluding carboxylic acids is 1. The van der Waals surface area contributed by atoms with E-state index >= 15 is 0 Å². The molecule has 4 aromatic rings. The van der Waals surface area contributed by atoms with Gasteiger partial charge in [-0.1, -0.05) is 97.1 Å². The van der Waals surface area contributed by atoms with Crippen molar-refractivity contribution in [1.82, 2.24) is 4.31 Å². The van der Waals surface area contributed by atoms with Gasteiger partial charge in [-0.25, -0.2) is 8.42 Å². The molecule has 1 aliphatic heterocycles. The molecule has 6 heteroatoms. The van der Waals surface area contributed by atoms with E-state index in [4.69, 9.17) is 0 Å². The van der Waals surface area contributed by atoms with E-state index in [-0.39, 0.29) is 10.8 Å². The molecular formula is C27H22N2O3S. The normalized spacial score (nSPS) is 19.0. The molecule has 1 fully saturated rings. The molecule has 164 valence electrons. The summed E-state index contributed by atoms with van der Waals surface area (Å²) in [6.07, 6.45) is -0.837. The third-order valence-electron chi connectivity index (χ3n) is 5.78. The summed E-state index contributed by atoms with van der Waals surface area (Å²) < 4.78 is 29.5. The second kappa shape index (κ2) is 8.65. The number of carbonyl (C=O) groups is 1. The molecule has 5 nitrogen and oxygen atoms in total. The molecule has 1 heterocycles. The van der Waals surface area contributed by atoms with E-state index in [2.05, 4.69) is 0 Å².